The molecule has 0 bridgehead atoms. The van der Waals surface area contributed by atoms with Gasteiger partial charge in [0.25, 0.3) is 0 Å². The monoisotopic (exact) mass is 791 g/mol. The van der Waals surface area contributed by atoms with Crippen LogP contribution in [-0.2, 0) is 23.8 Å². The number of unbranched alkanes of at least 4 members (excludes halogenated alkanes) is 1. The summed E-state index contributed by atoms with van der Waals surface area (Å²) < 4.78 is 18.4. The van der Waals surface area contributed by atoms with E-state index in [1.807, 2.05) is 32.5 Å². The van der Waals surface area contributed by atoms with Gasteiger partial charge in [-0.2, -0.15) is 11.8 Å². The van der Waals surface area contributed by atoms with Gasteiger partial charge in [0.05, 0.1) is 50.7 Å². The number of fused-ring (bicyclic) bond motifs is 1. The molecule has 3 rings (SSSR count). The maximum atomic E-state index is 13.2. The minimum Gasteiger partial charge on any atom is -0.465 e. The molecule has 3 aliphatic heterocycles. The molecule has 15 nitrogen and oxygen atoms in total. The number of thioether (sulfide) groups is 1. The van der Waals surface area contributed by atoms with Crippen LogP contribution in [0.5, 0.6) is 0 Å². The predicted molar refractivity (Wildman–Crippen MR) is 204 cm³/mol. The highest BCUT2D eigenvalue weighted by atomic mass is 32.2. The third kappa shape index (κ3) is 8.43. The summed E-state index contributed by atoms with van der Waals surface area (Å²) in [5.74, 6) is 0.00803. The topological polar surface area (TPSA) is 236 Å². The molecular formula is C38H69N3O12S. The van der Waals surface area contributed by atoms with E-state index >= 15 is 0 Å². The van der Waals surface area contributed by atoms with Crippen LogP contribution < -0.4 is 16.0 Å². The highest BCUT2D eigenvalue weighted by Crippen LogP contribution is 2.54. The molecule has 9 unspecified atom stereocenters. The lowest BCUT2D eigenvalue weighted by Crippen LogP contribution is -2.85. The highest BCUT2D eigenvalue weighted by molar-refractivity contribution is 8.00. The first kappa shape index (κ1) is 46.6. The maximum absolute atomic E-state index is 13.2. The van der Waals surface area contributed by atoms with E-state index in [4.69, 9.17) is 14.2 Å². The number of ether oxygens (including phenoxy) is 3. The molecule has 9 N–H and O–H groups in total. The largest absolute Gasteiger partial charge is 0.465 e. The molecule has 3 heterocycles. The fraction of sp³-hybridized carbons (Fsp3) is 0.921. The molecule has 0 aliphatic carbocycles. The zero-order chi connectivity index (χ0) is 41.4. The molecule has 3 amide bonds. The molecule has 314 valence electrons. The van der Waals surface area contributed by atoms with Gasteiger partial charge in [-0.15, -0.1) is 0 Å². The molecule has 16 heteroatoms. The van der Waals surface area contributed by atoms with Crippen molar-refractivity contribution in [3.05, 3.63) is 0 Å². The average Bonchev–Trinajstić information content (AvgIpc) is 3.62. The quantitative estimate of drug-likeness (QED) is 0.0512. The Labute approximate surface area is 325 Å². The molecule has 0 aromatic carbocycles. The highest BCUT2D eigenvalue weighted by Gasteiger charge is 2.74. The van der Waals surface area contributed by atoms with Crippen molar-refractivity contribution in [3.63, 3.8) is 0 Å². The number of rotatable bonds is 19. The molecule has 3 saturated heterocycles. The Morgan fingerprint density at radius 3 is 2.06 bits per heavy atom. The Kier molecular flexibility index (Phi) is 14.0. The molecule has 0 spiro atoms. The number of esters is 1. The van der Waals surface area contributed by atoms with E-state index in [1.165, 1.54) is 41.5 Å². The summed E-state index contributed by atoms with van der Waals surface area (Å²) in [5, 5.41) is 75.6. The van der Waals surface area contributed by atoms with Crippen LogP contribution in [-0.4, -0.2) is 145 Å². The Morgan fingerprint density at radius 1 is 0.889 bits per heavy atom. The van der Waals surface area contributed by atoms with Gasteiger partial charge in [-0.1, -0.05) is 34.1 Å². The summed E-state index contributed by atoms with van der Waals surface area (Å²) in [6.07, 6.45) is 2.61. The molecule has 3 aliphatic rings. The zero-order valence-corrected chi connectivity index (χ0v) is 35.1. The average molecular weight is 792 g/mol. The number of carbonyl (C=O) groups excluding carboxylic acids is 3. The van der Waals surface area contributed by atoms with E-state index in [0.717, 1.165) is 18.6 Å². The van der Waals surface area contributed by atoms with Crippen molar-refractivity contribution in [2.24, 2.45) is 16.2 Å². The maximum Gasteiger partial charge on any atom is 0.315 e. The standard InChI is InChI=1S/C38H69N3O12S/c1-24(45)41-35(8,32(5,19-43)21-51-23-34(7)37(10,49)38(11,50)36(9,48)33(6,20-44)53-34)31(4,17-30(2,3)18-42)22-52-27(46)15-13-12-14-26-28-25(16-54-26)39-29(47)40-28/h25-26,28,42-44,48-50H,12-23H2,1-11H3,(H,41,45)(H2,39,40,47)/t25-,26?,28-,31?,32?,33?,34?,35?,36?,37?,38?/m0/s1. The van der Waals surface area contributed by atoms with E-state index in [1.54, 1.807) is 13.8 Å². The normalized spacial score (nSPS) is 37.3. The van der Waals surface area contributed by atoms with Gasteiger partial charge < -0.3 is 60.8 Å². The van der Waals surface area contributed by atoms with Crippen molar-refractivity contribution >= 4 is 29.7 Å². The number of hydrogen-bond donors (Lipinski definition) is 9. The third-order valence-electron chi connectivity index (χ3n) is 13.6. The second-order valence-electron chi connectivity index (χ2n) is 18.5. The van der Waals surface area contributed by atoms with E-state index in [0.29, 0.717) is 6.42 Å². The van der Waals surface area contributed by atoms with Crippen molar-refractivity contribution in [2.75, 3.05) is 45.4 Å². The molecule has 0 radical (unpaired) electrons. The lowest BCUT2D eigenvalue weighted by atomic mass is 9.54. The van der Waals surface area contributed by atoms with Gasteiger partial charge in [0.2, 0.25) is 5.91 Å². The van der Waals surface area contributed by atoms with Gasteiger partial charge in [-0.3, -0.25) is 9.59 Å². The van der Waals surface area contributed by atoms with Crippen LogP contribution in [0.3, 0.4) is 0 Å². The zero-order valence-electron chi connectivity index (χ0n) is 34.3. The Balaban J connectivity index is 1.83. The van der Waals surface area contributed by atoms with Gasteiger partial charge in [0, 0.05) is 41.8 Å². The van der Waals surface area contributed by atoms with Gasteiger partial charge >= 0.3 is 12.0 Å². The minimum absolute atomic E-state index is 0.0829. The van der Waals surface area contributed by atoms with Crippen LogP contribution in [0.1, 0.15) is 108 Å². The number of aliphatic hydroxyl groups is 6. The first-order valence-electron chi connectivity index (χ1n) is 19.0. The summed E-state index contributed by atoms with van der Waals surface area (Å²) >= 11 is 1.81. The second kappa shape index (κ2) is 16.2. The van der Waals surface area contributed by atoms with Crippen LogP contribution in [0.15, 0.2) is 0 Å². The van der Waals surface area contributed by atoms with Crippen LogP contribution >= 0.6 is 11.8 Å². The number of carbonyl (C=O) groups is 3. The van der Waals surface area contributed by atoms with Crippen LogP contribution in [0.25, 0.3) is 0 Å². The summed E-state index contributed by atoms with van der Waals surface area (Å²) in [6.45, 7) is 14.9. The summed E-state index contributed by atoms with van der Waals surface area (Å²) in [4.78, 5) is 37.9. The fourth-order valence-corrected chi connectivity index (χ4v) is 10.4. The lowest BCUT2D eigenvalue weighted by Gasteiger charge is -2.65. The van der Waals surface area contributed by atoms with Gasteiger partial charge in [0.15, 0.2) is 0 Å². The first-order valence-corrected chi connectivity index (χ1v) is 20.0. The third-order valence-corrected chi connectivity index (χ3v) is 15.1. The number of nitrogens with one attached hydrogen (secondary N) is 3. The summed E-state index contributed by atoms with van der Waals surface area (Å²) in [7, 11) is 0. The van der Waals surface area contributed by atoms with Gasteiger partial charge in [0.1, 0.15) is 28.0 Å². The number of urea groups is 1. The van der Waals surface area contributed by atoms with Gasteiger partial charge in [-0.05, 0) is 66.2 Å². The van der Waals surface area contributed by atoms with Crippen molar-refractivity contribution in [2.45, 2.75) is 159 Å². The molecule has 0 aromatic rings. The van der Waals surface area contributed by atoms with Gasteiger partial charge in [-0.25, -0.2) is 4.79 Å². The Morgan fingerprint density at radius 2 is 1.50 bits per heavy atom. The molecular weight excluding hydrogens is 722 g/mol. The molecule has 3 fully saturated rings. The van der Waals surface area contributed by atoms with E-state index in [9.17, 15) is 45.0 Å². The summed E-state index contributed by atoms with van der Waals surface area (Å²) in [6, 6.07) is 0.0671. The number of aliphatic hydroxyl groups excluding tert-OH is 3. The smallest absolute Gasteiger partial charge is 0.315 e. The minimum atomic E-state index is -2.19. The summed E-state index contributed by atoms with van der Waals surface area (Å²) in [5.41, 5.74) is -14.3. The number of hydrogen-bond acceptors (Lipinski definition) is 13. The van der Waals surface area contributed by atoms with Crippen LogP contribution in [0.2, 0.25) is 0 Å². The SMILES string of the molecule is CC(=O)NC(C)(C(C)(CO)COCC1(C)OC(C)(CO)C(C)(O)C(C)(O)C1(C)O)C(C)(COC(=O)CCCCC1SC[C@@H]2NC(=O)N[C@H]12)CC(C)(C)CO. The second-order valence-corrected chi connectivity index (χ2v) is 19.8. The molecule has 11 atom stereocenters. The van der Waals surface area contributed by atoms with Crippen LogP contribution in [0.4, 0.5) is 4.79 Å². The van der Waals surface area contributed by atoms with Crippen molar-refractivity contribution in [1.82, 2.24) is 16.0 Å². The molecule has 54 heavy (non-hydrogen) atoms. The molecule has 0 aromatic heterocycles. The van der Waals surface area contributed by atoms with E-state index < -0.39 is 74.9 Å². The van der Waals surface area contributed by atoms with E-state index in [2.05, 4.69) is 16.0 Å². The Bertz CT molecular complexity index is 1360. The Hall–Kier alpha value is -1.76. The van der Waals surface area contributed by atoms with Crippen molar-refractivity contribution in [3.8, 4) is 0 Å². The fourth-order valence-electron chi connectivity index (χ4n) is 8.81. The predicted octanol–water partition coefficient (Wildman–Crippen LogP) is 1.37. The number of amides is 3. The van der Waals surface area contributed by atoms with E-state index in [-0.39, 0.29) is 62.6 Å². The van der Waals surface area contributed by atoms with Crippen LogP contribution in [0, 0.1) is 16.2 Å². The van der Waals surface area contributed by atoms with Crippen molar-refractivity contribution < 1.29 is 59.2 Å². The lowest BCUT2D eigenvalue weighted by molar-refractivity contribution is -0.408. The van der Waals surface area contributed by atoms with Crippen molar-refractivity contribution in [1.29, 1.82) is 0 Å². The molecule has 0 saturated carbocycles. The first-order chi connectivity index (χ1) is 24.6.